The molecule has 9 aromatic rings. The van der Waals surface area contributed by atoms with Gasteiger partial charge in [-0.05, 0) is 111 Å². The maximum atomic E-state index is 11.9. The van der Waals surface area contributed by atoms with E-state index in [1.54, 1.807) is 47.7 Å². The van der Waals surface area contributed by atoms with Crippen molar-refractivity contribution in [3.63, 3.8) is 0 Å². The molecule has 504 valence electrons. The van der Waals surface area contributed by atoms with Gasteiger partial charge in [-0.25, -0.2) is 21.6 Å². The van der Waals surface area contributed by atoms with Crippen LogP contribution in [0.4, 0.5) is 5.69 Å². The van der Waals surface area contributed by atoms with Crippen LogP contribution in [0.15, 0.2) is 236 Å². The zero-order valence-corrected chi connectivity index (χ0v) is 56.8. The van der Waals surface area contributed by atoms with Gasteiger partial charge >= 0.3 is 5.97 Å². The van der Waals surface area contributed by atoms with Crippen LogP contribution in [0.3, 0.4) is 0 Å². The first-order chi connectivity index (χ1) is 45.2. The first-order valence-corrected chi connectivity index (χ1v) is 32.4. The molecule has 9 N–H and O–H groups in total. The van der Waals surface area contributed by atoms with Gasteiger partial charge in [-0.3, -0.25) is 22.2 Å². The van der Waals surface area contributed by atoms with Gasteiger partial charge in [0.25, 0.3) is 5.69 Å². The fourth-order valence-electron chi connectivity index (χ4n) is 11.5. The Balaban J connectivity index is 0.000000300. The van der Waals surface area contributed by atoms with E-state index >= 15 is 0 Å². The number of nitrogens with one attached hydrogen (secondary N) is 1. The molecule has 2 aliphatic carbocycles. The maximum Gasteiger partial charge on any atom is 0.361 e. The molecule has 0 radical (unpaired) electrons. The third kappa shape index (κ3) is 25.4. The molecule has 15 nitrogen and oxygen atoms in total. The van der Waals surface area contributed by atoms with Crippen LogP contribution in [-0.2, 0) is 58.0 Å². The van der Waals surface area contributed by atoms with Gasteiger partial charge < -0.3 is 29.5 Å². The number of nitro benzene ring substituents is 1. The van der Waals surface area contributed by atoms with E-state index in [1.165, 1.54) is 57.9 Å². The summed E-state index contributed by atoms with van der Waals surface area (Å²) in [5, 5.41) is 37.0. The molecule has 0 spiro atoms. The summed E-state index contributed by atoms with van der Waals surface area (Å²) in [5.74, 6) is 14.4. The average molecular weight is 1340 g/mol. The summed E-state index contributed by atoms with van der Waals surface area (Å²) in [4.78, 5) is 46.6. The van der Waals surface area contributed by atoms with Crippen molar-refractivity contribution in [3.05, 3.63) is 307 Å². The smallest absolute Gasteiger partial charge is 0.361 e. The van der Waals surface area contributed by atoms with Crippen molar-refractivity contribution in [2.75, 3.05) is 19.9 Å². The molecule has 3 unspecified atom stereocenters. The van der Waals surface area contributed by atoms with E-state index in [-0.39, 0.29) is 46.3 Å². The SMILES string of the molecule is CCCc1ccc(C)cc1.CCON.Cc1cccc([N+](=O)[O-])c1.Cc1csc(C)n1.NOC(=O)C(O)(c1ccccc1)C1CCCCC1.NOCCCC(c1ccccc1)c1ccccc1.OCNC1C(c2ccccc2)C1(c1ccccc1)c1ccccc1.[CH-]=O.[Ni]. The second kappa shape index (κ2) is 45.4. The van der Waals surface area contributed by atoms with Crippen LogP contribution >= 0.6 is 11.3 Å². The molecular weight excluding hydrogens is 1240 g/mol. The number of non-ortho nitro benzene ring substituents is 1. The number of aromatic nitrogens is 1. The Bertz CT molecular complexity index is 3310. The number of hydrogen-bond acceptors (Lipinski definition) is 15. The van der Waals surface area contributed by atoms with Gasteiger partial charge in [-0.2, -0.15) is 5.90 Å². The number of thiazole rings is 1. The second-order valence-electron chi connectivity index (χ2n) is 22.4. The number of hydrogen-bond donors (Lipinski definition) is 6. The fourth-order valence-corrected chi connectivity index (χ4v) is 12.1. The Morgan fingerprint density at radius 1 is 0.691 bits per heavy atom. The standard InChI is InChI=1S/C22H21NO.C16H19NO.C14H19NO3.C10H14.C7H7NO2.C5H7NS.C2H7NO.CHO.Ni/c24-16-23-21-20(17-10-4-1-5-11-17)22(21,18-12-6-2-7-13-18)19-14-8-3-9-15-19;17-18-13-7-12-16(14-8-3-1-4-9-14)15-10-5-2-6-11-15;15-18-13(16)14(17,11-7-3-1-4-8-11)12-9-5-2-6-10-12;1-3-4-10-7-5-9(2)6-8-10;1-6-3-2-4-7(5-6)8(9)10;1-4-3-7-5(2)6-4;1-2-4-3;1-2;/h1-15,20-21,23-24H,16H2;1-6,8-11,16H,7,12-13,17H2;1,3-4,7-8,12,17H,2,5-6,9-10,15H2;5-8H,3-4H2,1-2H3;2-5H,1H3;3H,1-2H3;2-3H2,1H3;1H;/q;;;;;;;-1;. The Hall–Kier alpha value is -7.90. The zero-order valence-electron chi connectivity index (χ0n) is 55.0. The van der Waals surface area contributed by atoms with Crippen LogP contribution in [0.5, 0.6) is 0 Å². The molecule has 8 aromatic carbocycles. The third-order valence-corrected chi connectivity index (χ3v) is 16.8. The molecule has 0 aliphatic heterocycles. The summed E-state index contributed by atoms with van der Waals surface area (Å²) < 4.78 is 0. The maximum absolute atomic E-state index is 11.9. The number of nitrogens with two attached hydrogens (primary N) is 3. The first-order valence-electron chi connectivity index (χ1n) is 31.5. The summed E-state index contributed by atoms with van der Waals surface area (Å²) in [7, 11) is 0. The Morgan fingerprint density at radius 2 is 1.18 bits per heavy atom. The predicted molar refractivity (Wildman–Crippen MR) is 375 cm³/mol. The van der Waals surface area contributed by atoms with Crippen LogP contribution in [0.1, 0.15) is 138 Å². The monoisotopic (exact) mass is 1340 g/mol. The molecule has 3 atom stereocenters. The predicted octanol–water partition coefficient (Wildman–Crippen LogP) is 15.3. The van der Waals surface area contributed by atoms with Crippen molar-refractivity contribution in [3.8, 4) is 0 Å². The Labute approximate surface area is 571 Å². The van der Waals surface area contributed by atoms with E-state index in [2.05, 4.69) is 227 Å². The summed E-state index contributed by atoms with van der Waals surface area (Å²) in [6, 6.07) is 77.4. The van der Waals surface area contributed by atoms with Gasteiger partial charge in [-0.1, -0.05) is 257 Å². The van der Waals surface area contributed by atoms with Crippen LogP contribution in [0.25, 0.3) is 0 Å². The summed E-state index contributed by atoms with van der Waals surface area (Å²) in [5.41, 5.74) is 10.4. The van der Waals surface area contributed by atoms with Crippen molar-refractivity contribution in [1.82, 2.24) is 10.3 Å². The van der Waals surface area contributed by atoms with Crippen LogP contribution in [0.2, 0.25) is 0 Å². The number of rotatable bonds is 18. The van der Waals surface area contributed by atoms with Crippen molar-refractivity contribution in [1.29, 1.82) is 0 Å². The first kappa shape index (κ1) is 80.3. The topological polar surface area (TPSA) is 248 Å². The molecular formula is C77H95N6NiO9S-. The normalized spacial score (nSPS) is 14.5. The van der Waals surface area contributed by atoms with Crippen LogP contribution < -0.4 is 23.0 Å². The van der Waals surface area contributed by atoms with E-state index in [1.807, 2.05) is 45.9 Å². The number of aliphatic hydroxyl groups is 2. The van der Waals surface area contributed by atoms with E-state index in [0.29, 0.717) is 30.6 Å². The molecule has 2 saturated carbocycles. The van der Waals surface area contributed by atoms with Gasteiger partial charge in [0.15, 0.2) is 5.60 Å². The molecule has 2 fully saturated rings. The van der Waals surface area contributed by atoms with E-state index in [9.17, 15) is 25.1 Å². The van der Waals surface area contributed by atoms with Gasteiger partial charge in [0.05, 0.1) is 29.9 Å². The van der Waals surface area contributed by atoms with Gasteiger partial charge in [-0.15, -0.1) is 11.3 Å². The van der Waals surface area contributed by atoms with Crippen molar-refractivity contribution < 1.29 is 55.7 Å². The number of nitro groups is 1. The van der Waals surface area contributed by atoms with Gasteiger partial charge in [0, 0.05) is 68.9 Å². The summed E-state index contributed by atoms with van der Waals surface area (Å²) >= 11 is 1.69. The molecule has 1 aromatic heterocycles. The number of aliphatic hydroxyl groups excluding tert-OH is 1. The molecule has 2 aliphatic rings. The van der Waals surface area contributed by atoms with Crippen molar-refractivity contribution in [2.45, 2.75) is 128 Å². The van der Waals surface area contributed by atoms with Crippen molar-refractivity contribution >= 4 is 29.8 Å². The van der Waals surface area contributed by atoms with Crippen LogP contribution in [0, 0.1) is 43.7 Å². The average Bonchev–Trinajstić information content (AvgIpc) is 1.52. The van der Waals surface area contributed by atoms with Gasteiger partial charge in [0.1, 0.15) is 0 Å². The Kier molecular flexibility index (Phi) is 38.8. The fraction of sp³-hybridized carbons (Fsp3) is 0.312. The molecule has 11 rings (SSSR count). The van der Waals surface area contributed by atoms with E-state index in [4.69, 9.17) is 16.6 Å². The number of nitrogens with zero attached hydrogens (tertiary/aromatic N) is 2. The number of benzene rings is 8. The van der Waals surface area contributed by atoms with Crippen molar-refractivity contribution in [2.24, 2.45) is 23.6 Å². The van der Waals surface area contributed by atoms with E-state index < -0.39 is 16.5 Å². The Morgan fingerprint density at radius 3 is 1.57 bits per heavy atom. The molecule has 0 amide bonds. The second-order valence-corrected chi connectivity index (χ2v) is 23.4. The number of aryl methyl sites for hydroxylation is 5. The van der Waals surface area contributed by atoms with E-state index in [0.717, 1.165) is 61.2 Å². The number of carbonyl (C=O) groups excluding carboxylic acids is 2. The summed E-state index contributed by atoms with van der Waals surface area (Å²) in [6.45, 7) is 16.4. The van der Waals surface area contributed by atoms with Gasteiger partial charge in [0.2, 0.25) is 0 Å². The minimum atomic E-state index is -1.61. The zero-order chi connectivity index (χ0) is 67.7. The molecule has 1 heterocycles. The number of carbonyl (C=O) groups is 1. The molecule has 0 saturated heterocycles. The third-order valence-electron chi connectivity index (χ3n) is 15.9. The largest absolute Gasteiger partial charge is 0.545 e. The van der Waals surface area contributed by atoms with Crippen LogP contribution in [-0.4, -0.2) is 58.9 Å². The summed E-state index contributed by atoms with van der Waals surface area (Å²) in [6.07, 6.45) is 9.30. The minimum Gasteiger partial charge on any atom is -0.545 e. The molecule has 17 heteroatoms. The molecule has 94 heavy (non-hydrogen) atoms. The molecule has 0 bridgehead atoms. The quantitative estimate of drug-likeness (QED) is 0.00890. The minimum absolute atomic E-state index is 0.